The molecule has 24 heavy (non-hydrogen) atoms. The van der Waals surface area contributed by atoms with Gasteiger partial charge >= 0.3 is 6.03 Å². The quantitative estimate of drug-likeness (QED) is 0.787. The maximum absolute atomic E-state index is 12.7. The number of hydrogen-bond donors (Lipinski definition) is 1. The molecule has 4 rings (SSSR count). The van der Waals surface area contributed by atoms with E-state index in [2.05, 4.69) is 5.32 Å². The van der Waals surface area contributed by atoms with Crippen molar-refractivity contribution in [2.45, 2.75) is 31.4 Å². The Morgan fingerprint density at radius 3 is 2.71 bits per heavy atom. The molecule has 0 spiro atoms. The molecule has 8 heteroatoms. The largest absolute Gasteiger partial charge is 0.379 e. The predicted octanol–water partition coefficient (Wildman–Crippen LogP) is 0.333. The van der Waals surface area contributed by atoms with Gasteiger partial charge in [-0.3, -0.25) is 0 Å². The summed E-state index contributed by atoms with van der Waals surface area (Å²) in [7, 11) is -1.36. The van der Waals surface area contributed by atoms with Gasteiger partial charge < -0.3 is 15.0 Å². The number of sulfonamides is 1. The summed E-state index contributed by atoms with van der Waals surface area (Å²) in [6.07, 6.45) is 4.63. The van der Waals surface area contributed by atoms with Crippen LogP contribution in [-0.2, 0) is 14.8 Å². The number of hydrogen-bond acceptors (Lipinski definition) is 4. The Hall–Kier alpha value is -0.860. The smallest absolute Gasteiger partial charge is 0.317 e. The van der Waals surface area contributed by atoms with Gasteiger partial charge in [-0.1, -0.05) is 0 Å². The first kappa shape index (κ1) is 16.6. The summed E-state index contributed by atoms with van der Waals surface area (Å²) in [4.78, 5) is 14.7. The first-order valence-electron chi connectivity index (χ1n) is 8.91. The molecule has 2 bridgehead atoms. The monoisotopic (exact) mass is 357 g/mol. The van der Waals surface area contributed by atoms with Gasteiger partial charge in [0.2, 0.25) is 10.0 Å². The van der Waals surface area contributed by atoms with Crippen molar-refractivity contribution in [3.05, 3.63) is 0 Å². The number of nitrogens with zero attached hydrogens (tertiary/aromatic N) is 2. The van der Waals surface area contributed by atoms with Crippen LogP contribution < -0.4 is 5.32 Å². The van der Waals surface area contributed by atoms with Gasteiger partial charge in [-0.2, -0.15) is 0 Å². The number of methoxy groups -OCH3 is 1. The number of carbonyl (C=O) groups is 1. The van der Waals surface area contributed by atoms with Gasteiger partial charge in [-0.25, -0.2) is 17.5 Å². The predicted molar refractivity (Wildman–Crippen MR) is 88.9 cm³/mol. The minimum atomic E-state index is -3.12. The lowest BCUT2D eigenvalue weighted by Crippen LogP contribution is -2.49. The molecule has 7 nitrogen and oxygen atoms in total. The van der Waals surface area contributed by atoms with E-state index in [1.807, 2.05) is 4.90 Å². The van der Waals surface area contributed by atoms with E-state index in [0.717, 1.165) is 13.0 Å². The summed E-state index contributed by atoms with van der Waals surface area (Å²) in [6.45, 7) is 2.46. The fraction of sp³-hybridized carbons (Fsp3) is 0.938. The summed E-state index contributed by atoms with van der Waals surface area (Å²) in [6, 6.07) is 0.227. The third-order valence-electron chi connectivity index (χ3n) is 6.61. The molecule has 6 unspecified atom stereocenters. The molecule has 2 aliphatic heterocycles. The van der Waals surface area contributed by atoms with Gasteiger partial charge in [0, 0.05) is 33.3 Å². The van der Waals surface area contributed by atoms with Gasteiger partial charge in [0.1, 0.15) is 0 Å². The lowest BCUT2D eigenvalue weighted by molar-refractivity contribution is 0.0189. The lowest BCUT2D eigenvalue weighted by atomic mass is 9.88. The van der Waals surface area contributed by atoms with Crippen LogP contribution in [0.25, 0.3) is 0 Å². The number of rotatable bonds is 4. The van der Waals surface area contributed by atoms with Crippen LogP contribution in [0.3, 0.4) is 0 Å². The first-order chi connectivity index (χ1) is 11.4. The van der Waals surface area contributed by atoms with E-state index in [1.54, 1.807) is 7.11 Å². The van der Waals surface area contributed by atoms with Crippen molar-refractivity contribution in [3.63, 3.8) is 0 Å². The second kappa shape index (κ2) is 5.85. The second-order valence-corrected chi connectivity index (χ2v) is 9.94. The number of fused-ring (bicyclic) bond motifs is 1. The molecular weight excluding hydrogens is 330 g/mol. The van der Waals surface area contributed by atoms with Crippen molar-refractivity contribution < 1.29 is 17.9 Å². The van der Waals surface area contributed by atoms with E-state index in [0.29, 0.717) is 37.4 Å². The van der Waals surface area contributed by atoms with Crippen LogP contribution in [0, 0.1) is 23.7 Å². The Morgan fingerprint density at radius 2 is 2.04 bits per heavy atom. The van der Waals surface area contributed by atoms with Crippen molar-refractivity contribution in [3.8, 4) is 0 Å². The van der Waals surface area contributed by atoms with Crippen molar-refractivity contribution in [1.82, 2.24) is 14.5 Å². The van der Waals surface area contributed by atoms with Crippen LogP contribution >= 0.6 is 0 Å². The SMILES string of the molecule is COC1C2CC3CN(C(=O)NCC4CCN(S(C)(=O)=O)C4)C1C3C2. The van der Waals surface area contributed by atoms with E-state index in [4.69, 9.17) is 4.74 Å². The normalized spacial score (nSPS) is 41.3. The third-order valence-corrected chi connectivity index (χ3v) is 7.88. The van der Waals surface area contributed by atoms with E-state index < -0.39 is 10.0 Å². The highest BCUT2D eigenvalue weighted by Crippen LogP contribution is 2.55. The molecule has 4 fully saturated rings. The highest BCUT2D eigenvalue weighted by molar-refractivity contribution is 7.88. The Kier molecular flexibility index (Phi) is 4.04. The van der Waals surface area contributed by atoms with E-state index in [1.165, 1.54) is 23.4 Å². The summed E-state index contributed by atoms with van der Waals surface area (Å²) < 4.78 is 30.3. The zero-order valence-corrected chi connectivity index (χ0v) is 15.2. The molecule has 2 saturated heterocycles. The molecule has 2 heterocycles. The van der Waals surface area contributed by atoms with E-state index >= 15 is 0 Å². The molecule has 0 aromatic rings. The van der Waals surface area contributed by atoms with Crippen LogP contribution in [-0.4, -0.2) is 75.3 Å². The molecule has 2 aliphatic carbocycles. The summed E-state index contributed by atoms with van der Waals surface area (Å²) >= 11 is 0. The minimum Gasteiger partial charge on any atom is -0.379 e. The van der Waals surface area contributed by atoms with Crippen molar-refractivity contribution in [2.75, 3.05) is 39.5 Å². The number of carbonyl (C=O) groups excluding carboxylic acids is 1. The molecule has 2 saturated carbocycles. The molecule has 4 aliphatic rings. The van der Waals surface area contributed by atoms with Gasteiger partial charge in [0.15, 0.2) is 0 Å². The van der Waals surface area contributed by atoms with E-state index in [9.17, 15) is 13.2 Å². The van der Waals surface area contributed by atoms with Crippen molar-refractivity contribution >= 4 is 16.1 Å². The molecular formula is C16H27N3O4S. The number of amides is 2. The molecule has 0 aromatic carbocycles. The molecule has 1 N–H and O–H groups in total. The fourth-order valence-electron chi connectivity index (χ4n) is 5.55. The van der Waals surface area contributed by atoms with Crippen molar-refractivity contribution in [1.29, 1.82) is 0 Å². The van der Waals surface area contributed by atoms with Crippen LogP contribution in [0.5, 0.6) is 0 Å². The molecule has 2 amide bonds. The standard InChI is InChI=1S/C16H27N3O4S/c1-23-15-11-5-12-9-19(14(15)13(12)6-11)16(20)17-7-10-3-4-18(8-10)24(2,21)22/h10-15H,3-9H2,1-2H3,(H,17,20). The van der Waals surface area contributed by atoms with Crippen molar-refractivity contribution in [2.24, 2.45) is 23.7 Å². The van der Waals surface area contributed by atoms with E-state index in [-0.39, 0.29) is 24.1 Å². The topological polar surface area (TPSA) is 79.0 Å². The molecule has 0 aromatic heterocycles. The summed E-state index contributed by atoms with van der Waals surface area (Å²) in [5.41, 5.74) is 0. The van der Waals surface area contributed by atoms with Gasteiger partial charge in [0.05, 0.1) is 18.4 Å². The zero-order valence-electron chi connectivity index (χ0n) is 14.3. The molecule has 0 radical (unpaired) electrons. The second-order valence-electron chi connectivity index (χ2n) is 7.96. The number of ether oxygens (including phenoxy) is 1. The summed E-state index contributed by atoms with van der Waals surface area (Å²) in [5, 5.41) is 3.04. The summed E-state index contributed by atoms with van der Waals surface area (Å²) in [5.74, 6) is 2.07. The van der Waals surface area contributed by atoms with Gasteiger partial charge in [-0.05, 0) is 42.9 Å². The number of nitrogens with one attached hydrogen (secondary N) is 1. The Bertz CT molecular complexity index is 623. The number of urea groups is 1. The van der Waals surface area contributed by atoms with Crippen LogP contribution in [0.15, 0.2) is 0 Å². The Labute approximate surface area is 143 Å². The van der Waals surface area contributed by atoms with Gasteiger partial charge in [-0.15, -0.1) is 0 Å². The highest BCUT2D eigenvalue weighted by atomic mass is 32.2. The molecule has 6 atom stereocenters. The Morgan fingerprint density at radius 1 is 1.25 bits per heavy atom. The number of likely N-dealkylation sites (tertiary alicyclic amines) is 1. The maximum Gasteiger partial charge on any atom is 0.317 e. The van der Waals surface area contributed by atoms with Crippen LogP contribution in [0.1, 0.15) is 19.3 Å². The lowest BCUT2D eigenvalue weighted by Gasteiger charge is -2.31. The fourth-order valence-corrected chi connectivity index (χ4v) is 6.47. The Balaban J connectivity index is 1.33. The minimum absolute atomic E-state index is 0.00472. The van der Waals surface area contributed by atoms with Gasteiger partial charge in [0.25, 0.3) is 0 Å². The third kappa shape index (κ3) is 2.63. The average molecular weight is 357 g/mol. The van der Waals surface area contributed by atoms with Crippen LogP contribution in [0.4, 0.5) is 4.79 Å². The average Bonchev–Trinajstić information content (AvgIpc) is 3.23. The zero-order chi connectivity index (χ0) is 17.1. The highest BCUT2D eigenvalue weighted by Gasteiger charge is 2.60. The maximum atomic E-state index is 12.7. The molecule has 136 valence electrons. The van der Waals surface area contributed by atoms with Crippen LogP contribution in [0.2, 0.25) is 0 Å². The first-order valence-corrected chi connectivity index (χ1v) is 10.8.